The fourth-order valence-corrected chi connectivity index (χ4v) is 2.96. The van der Waals surface area contributed by atoms with Crippen LogP contribution in [0.25, 0.3) is 5.57 Å². The minimum atomic E-state index is -0.893. The second-order valence-corrected chi connectivity index (χ2v) is 6.68. The lowest BCUT2D eigenvalue weighted by molar-refractivity contribution is 0.0285. The number of ketones is 1. The summed E-state index contributed by atoms with van der Waals surface area (Å²) in [5, 5.41) is 9.72. The largest absolute Gasteiger partial charge is 0.491 e. The number of hydrogen-bond acceptors (Lipinski definition) is 3. The molecule has 0 spiro atoms. The summed E-state index contributed by atoms with van der Waals surface area (Å²) in [5.41, 5.74) is 1.49. The summed E-state index contributed by atoms with van der Waals surface area (Å²) in [6.07, 6.45) is 6.83. The number of aliphatic hydroxyl groups is 1. The zero-order valence-corrected chi connectivity index (χ0v) is 12.6. The Balaban J connectivity index is 1.95. The molecule has 1 unspecified atom stereocenters. The van der Waals surface area contributed by atoms with Gasteiger partial charge >= 0.3 is 0 Å². The lowest BCUT2D eigenvalue weighted by Gasteiger charge is -2.25. The summed E-state index contributed by atoms with van der Waals surface area (Å²) in [5.74, 6) is 0.779. The van der Waals surface area contributed by atoms with Crippen LogP contribution in [0.3, 0.4) is 0 Å². The van der Waals surface area contributed by atoms with E-state index >= 15 is 0 Å². The first-order valence-electron chi connectivity index (χ1n) is 7.23. The maximum atomic E-state index is 12.7. The summed E-state index contributed by atoms with van der Waals surface area (Å²) in [4.78, 5) is 12.7. The molecule has 1 atom stereocenters. The Kier molecular flexibility index (Phi) is 3.06. The molecule has 1 aromatic carbocycles. The number of carbonyl (C=O) groups is 1. The first-order chi connectivity index (χ1) is 9.81. The zero-order chi connectivity index (χ0) is 15.3. The van der Waals surface area contributed by atoms with E-state index in [0.717, 1.165) is 23.1 Å². The normalized spacial score (nSPS) is 23.6. The molecule has 2 aliphatic carbocycles. The highest BCUT2D eigenvalue weighted by Gasteiger charge is 2.45. The van der Waals surface area contributed by atoms with Crippen molar-refractivity contribution >= 4 is 11.4 Å². The first kappa shape index (κ1) is 14.1. The van der Waals surface area contributed by atoms with Crippen LogP contribution in [-0.2, 0) is 0 Å². The van der Waals surface area contributed by atoms with Crippen LogP contribution >= 0.6 is 0 Å². The molecule has 3 nitrogen and oxygen atoms in total. The molecule has 0 amide bonds. The lowest BCUT2D eigenvalue weighted by Crippen LogP contribution is -2.27. The van der Waals surface area contributed by atoms with E-state index in [1.54, 1.807) is 19.9 Å². The minimum absolute atomic E-state index is 0.154. The van der Waals surface area contributed by atoms with Gasteiger partial charge in [-0.15, -0.1) is 0 Å². The average molecular weight is 284 g/mol. The molecule has 3 heteroatoms. The Labute approximate surface area is 124 Å². The van der Waals surface area contributed by atoms with Crippen molar-refractivity contribution in [2.75, 3.05) is 6.61 Å². The number of ether oxygens (including phenoxy) is 1. The third kappa shape index (κ3) is 2.32. The number of fused-ring (bicyclic) bond motifs is 3. The van der Waals surface area contributed by atoms with Gasteiger partial charge in [-0.1, -0.05) is 24.3 Å². The molecule has 1 N–H and O–H groups in total. The molecule has 0 heterocycles. The number of benzene rings is 1. The fraction of sp³-hybridized carbons (Fsp3) is 0.389. The quantitative estimate of drug-likeness (QED) is 0.925. The van der Waals surface area contributed by atoms with Gasteiger partial charge in [0.1, 0.15) is 12.4 Å². The predicted molar refractivity (Wildman–Crippen MR) is 82.4 cm³/mol. The first-order valence-corrected chi connectivity index (χ1v) is 7.23. The van der Waals surface area contributed by atoms with Crippen LogP contribution in [0.15, 0.2) is 36.4 Å². The highest BCUT2D eigenvalue weighted by molar-refractivity contribution is 6.17. The van der Waals surface area contributed by atoms with E-state index < -0.39 is 11.0 Å². The minimum Gasteiger partial charge on any atom is -0.491 e. The average Bonchev–Trinajstić information content (AvgIpc) is 2.65. The Morgan fingerprint density at radius 2 is 2.10 bits per heavy atom. The summed E-state index contributed by atoms with van der Waals surface area (Å²) in [6.45, 7) is 5.58. The number of hydrogen-bond donors (Lipinski definition) is 1. The van der Waals surface area contributed by atoms with Gasteiger partial charge in [0.05, 0.1) is 11.0 Å². The predicted octanol–water partition coefficient (Wildman–Crippen LogP) is 3.38. The lowest BCUT2D eigenvalue weighted by atomic mass is 9.76. The van der Waals surface area contributed by atoms with Crippen molar-refractivity contribution in [3.8, 4) is 5.75 Å². The topological polar surface area (TPSA) is 46.5 Å². The van der Waals surface area contributed by atoms with Crippen LogP contribution in [0.4, 0.5) is 0 Å². The Morgan fingerprint density at radius 3 is 2.81 bits per heavy atom. The van der Waals surface area contributed by atoms with Gasteiger partial charge in [-0.25, -0.2) is 0 Å². The summed E-state index contributed by atoms with van der Waals surface area (Å²) in [6, 6.07) is 5.61. The Hall–Kier alpha value is -1.87. The Morgan fingerprint density at radius 1 is 1.33 bits per heavy atom. The van der Waals surface area contributed by atoms with Crippen molar-refractivity contribution in [3.63, 3.8) is 0 Å². The second kappa shape index (κ2) is 4.57. The van der Waals surface area contributed by atoms with Crippen LogP contribution in [0.1, 0.15) is 43.1 Å². The van der Waals surface area contributed by atoms with Crippen LogP contribution in [0.2, 0.25) is 0 Å². The van der Waals surface area contributed by atoms with Gasteiger partial charge < -0.3 is 9.84 Å². The zero-order valence-electron chi connectivity index (χ0n) is 12.6. The number of rotatable bonds is 3. The molecule has 0 radical (unpaired) electrons. The van der Waals surface area contributed by atoms with Crippen LogP contribution < -0.4 is 4.74 Å². The fourth-order valence-electron chi connectivity index (χ4n) is 2.96. The molecule has 0 saturated heterocycles. The van der Waals surface area contributed by atoms with E-state index in [2.05, 4.69) is 0 Å². The van der Waals surface area contributed by atoms with E-state index in [4.69, 9.17) is 4.74 Å². The van der Waals surface area contributed by atoms with Crippen molar-refractivity contribution in [2.45, 2.75) is 32.8 Å². The molecule has 3 rings (SSSR count). The summed E-state index contributed by atoms with van der Waals surface area (Å²) >= 11 is 0. The molecule has 1 aromatic rings. The third-order valence-electron chi connectivity index (χ3n) is 4.14. The van der Waals surface area contributed by atoms with Gasteiger partial charge in [0.15, 0.2) is 5.78 Å². The molecule has 0 fully saturated rings. The van der Waals surface area contributed by atoms with E-state index in [-0.39, 0.29) is 12.4 Å². The third-order valence-corrected chi connectivity index (χ3v) is 4.14. The molecule has 0 bridgehead atoms. The van der Waals surface area contributed by atoms with E-state index in [1.165, 1.54) is 0 Å². The molecular formula is C18H20O3. The van der Waals surface area contributed by atoms with Crippen LogP contribution in [0.5, 0.6) is 5.75 Å². The summed E-state index contributed by atoms with van der Waals surface area (Å²) < 4.78 is 5.59. The van der Waals surface area contributed by atoms with Gasteiger partial charge in [-0.3, -0.25) is 4.79 Å². The highest BCUT2D eigenvalue weighted by Crippen LogP contribution is 2.50. The molecule has 0 aromatic heterocycles. The maximum Gasteiger partial charge on any atom is 0.174 e. The molecule has 2 aliphatic rings. The van der Waals surface area contributed by atoms with Crippen molar-refractivity contribution in [1.82, 2.24) is 0 Å². The second-order valence-electron chi connectivity index (χ2n) is 6.68. The molecule has 0 saturated carbocycles. The van der Waals surface area contributed by atoms with Crippen molar-refractivity contribution in [1.29, 1.82) is 0 Å². The highest BCUT2D eigenvalue weighted by atomic mass is 16.5. The molecule has 0 aliphatic heterocycles. The van der Waals surface area contributed by atoms with Gasteiger partial charge in [0.25, 0.3) is 0 Å². The van der Waals surface area contributed by atoms with Crippen molar-refractivity contribution in [2.24, 2.45) is 5.41 Å². The molecule has 110 valence electrons. The van der Waals surface area contributed by atoms with Gasteiger partial charge in [-0.05, 0) is 50.5 Å². The summed E-state index contributed by atoms with van der Waals surface area (Å²) in [7, 11) is 0. The van der Waals surface area contributed by atoms with E-state index in [9.17, 15) is 9.90 Å². The Bertz CT molecular complexity index is 662. The van der Waals surface area contributed by atoms with Gasteiger partial charge in [0.2, 0.25) is 0 Å². The SMILES string of the molecule is CC(C)(O)COc1ccc2c(c1)C(=O)C1(C)CC=CC=C21. The standard InChI is InChI=1S/C18H20O3/c1-17(2,20)11-21-12-7-8-13-14(10-12)16(19)18(3)9-5-4-6-15(13)18/h4-8,10,20H,9,11H2,1-3H3. The van der Waals surface area contributed by atoms with Crippen molar-refractivity contribution in [3.05, 3.63) is 47.6 Å². The van der Waals surface area contributed by atoms with Crippen LogP contribution in [-0.4, -0.2) is 23.1 Å². The van der Waals surface area contributed by atoms with Crippen molar-refractivity contribution < 1.29 is 14.6 Å². The monoisotopic (exact) mass is 284 g/mol. The molecular weight excluding hydrogens is 264 g/mol. The van der Waals surface area contributed by atoms with E-state index in [1.807, 2.05) is 37.3 Å². The maximum absolute atomic E-state index is 12.7. The van der Waals surface area contributed by atoms with E-state index in [0.29, 0.717) is 5.75 Å². The number of carbonyl (C=O) groups excluding carboxylic acids is 1. The smallest absolute Gasteiger partial charge is 0.174 e. The van der Waals surface area contributed by atoms with Gasteiger partial charge in [0, 0.05) is 5.56 Å². The number of Topliss-reactive ketones (excluding diaryl/α,β-unsaturated/α-hetero) is 1. The number of allylic oxidation sites excluding steroid dienone is 4. The van der Waals surface area contributed by atoms with Gasteiger partial charge in [-0.2, -0.15) is 0 Å². The van der Waals surface area contributed by atoms with Crippen LogP contribution in [0, 0.1) is 5.41 Å². The molecule has 21 heavy (non-hydrogen) atoms.